The van der Waals surface area contributed by atoms with Gasteiger partial charge < -0.3 is 19.0 Å². The van der Waals surface area contributed by atoms with Crippen LogP contribution in [0.15, 0.2) is 30.3 Å². The topological polar surface area (TPSA) is 65.0 Å². The Labute approximate surface area is 220 Å². The number of benzene rings is 1. The summed E-state index contributed by atoms with van der Waals surface area (Å²) in [6, 6.07) is 10.2. The molecule has 36 heavy (non-hydrogen) atoms. The number of rotatable bonds is 13. The number of hydrogen-bond donors (Lipinski definition) is 1. The Morgan fingerprint density at radius 3 is 2.11 bits per heavy atom. The van der Waals surface area contributed by atoms with Gasteiger partial charge >= 0.3 is 5.97 Å². The largest absolute Gasteiger partial charge is 0.481 e. The van der Waals surface area contributed by atoms with E-state index in [4.69, 9.17) is 13.9 Å². The predicted octanol–water partition coefficient (Wildman–Crippen LogP) is 7.45. The molecule has 1 saturated heterocycles. The summed E-state index contributed by atoms with van der Waals surface area (Å²) in [5.74, 6) is 0.452. The summed E-state index contributed by atoms with van der Waals surface area (Å²) in [5, 5.41) is 9.57. The summed E-state index contributed by atoms with van der Waals surface area (Å²) in [6.45, 7) is 19.0. The fourth-order valence-electron chi connectivity index (χ4n) is 6.80. The van der Waals surface area contributed by atoms with E-state index < -0.39 is 14.3 Å². The lowest BCUT2D eigenvalue weighted by Crippen LogP contribution is -2.52. The second kappa shape index (κ2) is 12.6. The van der Waals surface area contributed by atoms with Crippen molar-refractivity contribution in [2.45, 2.75) is 129 Å². The van der Waals surface area contributed by atoms with Crippen LogP contribution in [0.2, 0.25) is 16.6 Å². The van der Waals surface area contributed by atoms with Crippen LogP contribution in [0, 0.1) is 17.8 Å². The smallest absolute Gasteiger partial charge is 0.305 e. The average Bonchev–Trinajstić information content (AvgIpc) is 3.53. The molecule has 0 radical (unpaired) electrons. The molecule has 5 nitrogen and oxygen atoms in total. The highest BCUT2D eigenvalue weighted by Crippen LogP contribution is 2.50. The van der Waals surface area contributed by atoms with E-state index in [-0.39, 0.29) is 36.8 Å². The summed E-state index contributed by atoms with van der Waals surface area (Å²) >= 11 is 0. The van der Waals surface area contributed by atoms with E-state index in [9.17, 15) is 9.90 Å². The highest BCUT2D eigenvalue weighted by Gasteiger charge is 2.51. The Bertz CT molecular complexity index is 804. The molecule has 0 bridgehead atoms. The maximum Gasteiger partial charge on any atom is 0.305 e. The van der Waals surface area contributed by atoms with E-state index in [1.54, 1.807) is 0 Å². The third-order valence-corrected chi connectivity index (χ3v) is 15.1. The fraction of sp³-hybridized carbons (Fsp3) is 0.767. The van der Waals surface area contributed by atoms with Crippen LogP contribution in [0.5, 0.6) is 0 Å². The molecule has 1 heterocycles. The Morgan fingerprint density at radius 1 is 1.03 bits per heavy atom. The molecule has 0 spiro atoms. The van der Waals surface area contributed by atoms with Gasteiger partial charge in [-0.05, 0) is 46.9 Å². The van der Waals surface area contributed by atoms with Crippen molar-refractivity contribution in [1.82, 2.24) is 0 Å². The van der Waals surface area contributed by atoms with E-state index in [2.05, 4.69) is 67.5 Å². The van der Waals surface area contributed by atoms with Crippen molar-refractivity contribution < 1.29 is 23.8 Å². The van der Waals surface area contributed by atoms with Crippen LogP contribution in [-0.4, -0.2) is 43.8 Å². The van der Waals surface area contributed by atoms with Crippen molar-refractivity contribution in [3.8, 4) is 0 Å². The molecule has 1 N–H and O–H groups in total. The molecule has 6 heteroatoms. The summed E-state index contributed by atoms with van der Waals surface area (Å²) < 4.78 is 20.2. The number of carboxylic acids is 1. The number of carboxylic acid groups (broad SMARTS) is 1. The number of hydrogen-bond acceptors (Lipinski definition) is 4. The molecule has 1 aliphatic carbocycles. The molecule has 1 aromatic carbocycles. The monoisotopic (exact) mass is 518 g/mol. The van der Waals surface area contributed by atoms with Crippen LogP contribution in [0.25, 0.3) is 0 Å². The normalized spacial score (nSPS) is 29.6. The first kappa shape index (κ1) is 29.3. The second-order valence-electron chi connectivity index (χ2n) is 12.4. The van der Waals surface area contributed by atoms with Gasteiger partial charge in [-0.15, -0.1) is 0 Å². The van der Waals surface area contributed by atoms with Crippen LogP contribution >= 0.6 is 0 Å². The summed E-state index contributed by atoms with van der Waals surface area (Å²) in [6.07, 6.45) is 2.55. The van der Waals surface area contributed by atoms with Gasteiger partial charge in [-0.1, -0.05) is 85.7 Å². The van der Waals surface area contributed by atoms with Gasteiger partial charge in [-0.3, -0.25) is 4.79 Å². The SMILES string of the molecule is CC(C)[Si](O[C@@H](C[C@@H]1C[C@H](OCc2ccccc2)[C@@H](C)[C@H](CC(=O)O)O1)[C@@H]1C[C@H]1C)(C(C)C)C(C)C. The third-order valence-electron chi connectivity index (χ3n) is 8.93. The molecule has 2 aliphatic rings. The van der Waals surface area contributed by atoms with Gasteiger partial charge in [0.25, 0.3) is 0 Å². The first-order valence-electron chi connectivity index (χ1n) is 14.2. The minimum absolute atomic E-state index is 0.0108. The second-order valence-corrected chi connectivity index (χ2v) is 17.8. The quantitative estimate of drug-likeness (QED) is 0.275. The molecule has 0 unspecified atom stereocenters. The van der Waals surface area contributed by atoms with Crippen molar-refractivity contribution in [2.75, 3.05) is 0 Å². The molecule has 1 aliphatic heterocycles. The van der Waals surface area contributed by atoms with E-state index >= 15 is 0 Å². The lowest BCUT2D eigenvalue weighted by molar-refractivity contribution is -0.171. The molecule has 3 rings (SSSR count). The molecule has 0 amide bonds. The average molecular weight is 519 g/mol. The Hall–Kier alpha value is -1.21. The van der Waals surface area contributed by atoms with Crippen molar-refractivity contribution in [3.05, 3.63) is 35.9 Å². The molecule has 1 aromatic rings. The first-order chi connectivity index (χ1) is 17.0. The van der Waals surface area contributed by atoms with Crippen molar-refractivity contribution in [3.63, 3.8) is 0 Å². The van der Waals surface area contributed by atoms with Gasteiger partial charge in [-0.25, -0.2) is 0 Å². The Kier molecular flexibility index (Phi) is 10.2. The van der Waals surface area contributed by atoms with Gasteiger partial charge in [0.1, 0.15) is 0 Å². The molecular weight excluding hydrogens is 468 g/mol. The minimum Gasteiger partial charge on any atom is -0.481 e. The molecule has 7 atom stereocenters. The van der Waals surface area contributed by atoms with Gasteiger partial charge in [0.05, 0.1) is 37.4 Å². The summed E-state index contributed by atoms with van der Waals surface area (Å²) in [4.78, 5) is 11.7. The van der Waals surface area contributed by atoms with Crippen molar-refractivity contribution >= 4 is 14.3 Å². The predicted molar refractivity (Wildman–Crippen MR) is 148 cm³/mol. The summed E-state index contributed by atoms with van der Waals surface area (Å²) in [5.41, 5.74) is 2.73. The highest BCUT2D eigenvalue weighted by molar-refractivity contribution is 6.77. The van der Waals surface area contributed by atoms with E-state index in [0.29, 0.717) is 35.1 Å². The lowest BCUT2D eigenvalue weighted by atomic mass is 9.86. The Morgan fingerprint density at radius 2 is 1.61 bits per heavy atom. The number of aliphatic carboxylic acids is 1. The standard InChI is InChI=1S/C30H50O5Si/c1-19(2)36(20(3)4,21(5)6)35-29(26-14-22(26)7)16-25-15-27(23(8)28(34-25)17-30(31)32)33-18-24-12-10-9-11-13-24/h9-13,19-23,25-29H,14-18H2,1-8H3,(H,31,32)/t22-,23-,25+,26-,27+,28+,29+/m1/s1. The zero-order valence-electron chi connectivity index (χ0n) is 23.8. The fourth-order valence-corrected chi connectivity index (χ4v) is 12.4. The molecule has 2 fully saturated rings. The maximum absolute atomic E-state index is 11.7. The zero-order valence-corrected chi connectivity index (χ0v) is 24.8. The molecule has 1 saturated carbocycles. The zero-order chi connectivity index (χ0) is 26.6. The minimum atomic E-state index is -2.04. The lowest BCUT2D eigenvalue weighted by Gasteiger charge is -2.46. The highest BCUT2D eigenvalue weighted by atomic mass is 28.4. The molecule has 0 aromatic heterocycles. The van der Waals surface area contributed by atoms with E-state index in [0.717, 1.165) is 18.4 Å². The number of carbonyl (C=O) groups is 1. The van der Waals surface area contributed by atoms with Gasteiger partial charge in [0.15, 0.2) is 0 Å². The van der Waals surface area contributed by atoms with Gasteiger partial charge in [-0.2, -0.15) is 0 Å². The summed E-state index contributed by atoms with van der Waals surface area (Å²) in [7, 11) is -2.04. The molecule has 204 valence electrons. The van der Waals surface area contributed by atoms with E-state index in [1.165, 1.54) is 6.42 Å². The number of ether oxygens (including phenoxy) is 2. The van der Waals surface area contributed by atoms with Crippen LogP contribution < -0.4 is 0 Å². The van der Waals surface area contributed by atoms with Crippen molar-refractivity contribution in [1.29, 1.82) is 0 Å². The van der Waals surface area contributed by atoms with Gasteiger partial charge in [0, 0.05) is 12.3 Å². The Balaban J connectivity index is 1.79. The van der Waals surface area contributed by atoms with Crippen LogP contribution in [0.3, 0.4) is 0 Å². The maximum atomic E-state index is 11.7. The third kappa shape index (κ3) is 7.00. The van der Waals surface area contributed by atoms with Gasteiger partial charge in [0.2, 0.25) is 8.32 Å². The van der Waals surface area contributed by atoms with Crippen LogP contribution in [0.1, 0.15) is 86.6 Å². The first-order valence-corrected chi connectivity index (χ1v) is 16.3. The molecular formula is C30H50O5Si. The van der Waals surface area contributed by atoms with Crippen LogP contribution in [0.4, 0.5) is 0 Å². The van der Waals surface area contributed by atoms with Crippen LogP contribution in [-0.2, 0) is 25.3 Å². The van der Waals surface area contributed by atoms with E-state index in [1.807, 2.05) is 18.2 Å². The van der Waals surface area contributed by atoms with Crippen molar-refractivity contribution in [2.24, 2.45) is 17.8 Å².